The van der Waals surface area contributed by atoms with Crippen LogP contribution in [0.3, 0.4) is 0 Å². The molecule has 6 nitrogen and oxygen atoms in total. The second-order valence-corrected chi connectivity index (χ2v) is 5.72. The second-order valence-electron chi connectivity index (χ2n) is 5.72. The Morgan fingerprint density at radius 2 is 2.00 bits per heavy atom. The molecule has 1 amide bonds. The first-order chi connectivity index (χ1) is 10.3. The Morgan fingerprint density at radius 1 is 1.32 bits per heavy atom. The van der Waals surface area contributed by atoms with E-state index in [1.807, 2.05) is 20.8 Å². The number of amides is 1. The molecular formula is C16H24N2O4. The highest BCUT2D eigenvalue weighted by atomic mass is 16.4. The lowest BCUT2D eigenvalue weighted by Crippen LogP contribution is -2.39. The van der Waals surface area contributed by atoms with Gasteiger partial charge in [0.15, 0.2) is 0 Å². The van der Waals surface area contributed by atoms with Crippen molar-refractivity contribution < 1.29 is 14.7 Å². The van der Waals surface area contributed by atoms with Gasteiger partial charge >= 0.3 is 5.97 Å². The zero-order valence-corrected chi connectivity index (χ0v) is 13.3. The number of carbonyl (C=O) groups excluding carboxylic acids is 1. The van der Waals surface area contributed by atoms with E-state index in [4.69, 9.17) is 5.11 Å². The Balaban J connectivity index is 2.85. The topological polar surface area (TPSA) is 99.3 Å². The number of carbonyl (C=O) groups is 2. The van der Waals surface area contributed by atoms with E-state index in [1.165, 1.54) is 6.07 Å². The smallest absolute Gasteiger partial charge is 0.305 e. The van der Waals surface area contributed by atoms with E-state index in [0.29, 0.717) is 6.42 Å². The minimum absolute atomic E-state index is 0.0105. The van der Waals surface area contributed by atoms with Crippen LogP contribution in [0.25, 0.3) is 0 Å². The third kappa shape index (κ3) is 5.35. The van der Waals surface area contributed by atoms with Crippen LogP contribution in [-0.2, 0) is 4.79 Å². The van der Waals surface area contributed by atoms with Gasteiger partial charge in [-0.15, -0.1) is 0 Å². The number of H-pyrrole nitrogens is 1. The lowest BCUT2D eigenvalue weighted by atomic mass is 10.1. The maximum atomic E-state index is 12.2. The van der Waals surface area contributed by atoms with Crippen molar-refractivity contribution in [1.29, 1.82) is 0 Å². The zero-order valence-electron chi connectivity index (χ0n) is 13.3. The summed E-state index contributed by atoms with van der Waals surface area (Å²) in [5.41, 5.74) is 0.319. The Labute approximate surface area is 129 Å². The van der Waals surface area contributed by atoms with E-state index in [0.717, 1.165) is 18.5 Å². The van der Waals surface area contributed by atoms with Gasteiger partial charge in [0.1, 0.15) is 5.56 Å². The van der Waals surface area contributed by atoms with Gasteiger partial charge in [0.25, 0.3) is 11.5 Å². The van der Waals surface area contributed by atoms with Crippen molar-refractivity contribution in [2.24, 2.45) is 0 Å². The average Bonchev–Trinajstić information content (AvgIpc) is 2.43. The minimum Gasteiger partial charge on any atom is -0.481 e. The molecule has 3 N–H and O–H groups in total. The summed E-state index contributed by atoms with van der Waals surface area (Å²) in [6.45, 7) is 5.88. The van der Waals surface area contributed by atoms with Gasteiger partial charge in [0.2, 0.25) is 0 Å². The number of aliphatic carboxylic acids is 1. The molecule has 1 rings (SSSR count). The van der Waals surface area contributed by atoms with Crippen molar-refractivity contribution in [2.45, 2.75) is 58.4 Å². The molecule has 22 heavy (non-hydrogen) atoms. The molecule has 6 heteroatoms. The van der Waals surface area contributed by atoms with Gasteiger partial charge in [-0.3, -0.25) is 14.4 Å². The largest absolute Gasteiger partial charge is 0.481 e. The van der Waals surface area contributed by atoms with Crippen molar-refractivity contribution in [3.8, 4) is 0 Å². The van der Waals surface area contributed by atoms with Crippen LogP contribution >= 0.6 is 0 Å². The van der Waals surface area contributed by atoms with Gasteiger partial charge in [-0.1, -0.05) is 33.6 Å². The molecule has 0 aromatic carbocycles. The lowest BCUT2D eigenvalue weighted by Gasteiger charge is -2.16. The van der Waals surface area contributed by atoms with E-state index in [9.17, 15) is 14.4 Å². The third-order valence-corrected chi connectivity index (χ3v) is 3.46. The SMILES string of the molecule is CCCC[C@H](CC(=O)O)NC(=O)c1ccc(C(C)C)[nH]c1=O. The van der Waals surface area contributed by atoms with Crippen LogP contribution in [0, 0.1) is 0 Å². The third-order valence-electron chi connectivity index (χ3n) is 3.46. The number of hydrogen-bond acceptors (Lipinski definition) is 3. The molecule has 0 saturated heterocycles. The molecule has 0 spiro atoms. The highest BCUT2D eigenvalue weighted by Crippen LogP contribution is 2.10. The summed E-state index contributed by atoms with van der Waals surface area (Å²) in [4.78, 5) is 37.7. The van der Waals surface area contributed by atoms with Crippen molar-refractivity contribution in [3.05, 3.63) is 33.7 Å². The van der Waals surface area contributed by atoms with Gasteiger partial charge in [-0.2, -0.15) is 0 Å². The molecule has 0 fully saturated rings. The van der Waals surface area contributed by atoms with Crippen molar-refractivity contribution in [1.82, 2.24) is 10.3 Å². The molecule has 0 bridgehead atoms. The van der Waals surface area contributed by atoms with Gasteiger partial charge in [-0.25, -0.2) is 0 Å². The summed E-state index contributed by atoms with van der Waals surface area (Å²) in [6.07, 6.45) is 2.17. The standard InChI is InChI=1S/C16H24N2O4/c1-4-5-6-11(9-14(19)20)17-15(21)12-7-8-13(10(2)3)18-16(12)22/h7-8,10-11H,4-6,9H2,1-3H3,(H,17,21)(H,18,22)(H,19,20)/t11-/m1/s1. The lowest BCUT2D eigenvalue weighted by molar-refractivity contribution is -0.137. The van der Waals surface area contributed by atoms with E-state index in [2.05, 4.69) is 10.3 Å². The number of pyridine rings is 1. The molecule has 0 aliphatic heterocycles. The summed E-state index contributed by atoms with van der Waals surface area (Å²) in [6, 6.07) is 2.73. The number of aromatic nitrogens is 1. The summed E-state index contributed by atoms with van der Waals surface area (Å²) in [7, 11) is 0. The van der Waals surface area contributed by atoms with Crippen molar-refractivity contribution in [2.75, 3.05) is 0 Å². The maximum absolute atomic E-state index is 12.2. The first kappa shape index (κ1) is 17.9. The first-order valence-electron chi connectivity index (χ1n) is 7.61. The number of aromatic amines is 1. The first-order valence-corrected chi connectivity index (χ1v) is 7.61. The highest BCUT2D eigenvalue weighted by molar-refractivity contribution is 5.94. The summed E-state index contributed by atoms with van der Waals surface area (Å²) in [5, 5.41) is 11.5. The van der Waals surface area contributed by atoms with Gasteiger partial charge in [0.05, 0.1) is 6.42 Å². The number of carboxylic acid groups (broad SMARTS) is 1. The Bertz CT molecular complexity index is 578. The van der Waals surface area contributed by atoms with Gasteiger partial charge in [0, 0.05) is 11.7 Å². The molecule has 0 radical (unpaired) electrons. The Morgan fingerprint density at radius 3 is 2.50 bits per heavy atom. The average molecular weight is 308 g/mol. The van der Waals surface area contributed by atoms with Crippen LogP contribution < -0.4 is 10.9 Å². The van der Waals surface area contributed by atoms with Crippen LogP contribution in [0.5, 0.6) is 0 Å². The van der Waals surface area contributed by atoms with Crippen molar-refractivity contribution >= 4 is 11.9 Å². The molecule has 0 aliphatic rings. The van der Waals surface area contributed by atoms with E-state index < -0.39 is 23.5 Å². The fourth-order valence-electron chi connectivity index (χ4n) is 2.15. The molecule has 0 aliphatic carbocycles. The van der Waals surface area contributed by atoms with Crippen LogP contribution in [-0.4, -0.2) is 28.0 Å². The quantitative estimate of drug-likeness (QED) is 0.686. The Hall–Kier alpha value is -2.11. The molecule has 0 unspecified atom stereocenters. The molecule has 1 heterocycles. The Kier molecular flexibility index (Phi) is 6.82. The van der Waals surface area contributed by atoms with Crippen LogP contribution in [0.1, 0.15) is 68.4 Å². The number of carboxylic acids is 1. The van der Waals surface area contributed by atoms with Crippen molar-refractivity contribution in [3.63, 3.8) is 0 Å². The summed E-state index contributed by atoms with van der Waals surface area (Å²) < 4.78 is 0. The van der Waals surface area contributed by atoms with E-state index >= 15 is 0 Å². The maximum Gasteiger partial charge on any atom is 0.305 e. The van der Waals surface area contributed by atoms with Crippen LogP contribution in [0.2, 0.25) is 0 Å². The van der Waals surface area contributed by atoms with Crippen LogP contribution in [0.4, 0.5) is 0 Å². The molecule has 122 valence electrons. The molecule has 1 aromatic rings. The van der Waals surface area contributed by atoms with E-state index in [-0.39, 0.29) is 17.9 Å². The fourth-order valence-corrected chi connectivity index (χ4v) is 2.15. The number of hydrogen-bond donors (Lipinski definition) is 3. The van der Waals surface area contributed by atoms with Gasteiger partial charge < -0.3 is 15.4 Å². The minimum atomic E-state index is -0.967. The number of nitrogens with one attached hydrogen (secondary N) is 2. The number of rotatable bonds is 8. The second kappa shape index (κ2) is 8.36. The predicted molar refractivity (Wildman–Crippen MR) is 84.2 cm³/mol. The molecule has 1 aromatic heterocycles. The summed E-state index contributed by atoms with van der Waals surface area (Å²) >= 11 is 0. The van der Waals surface area contributed by atoms with E-state index in [1.54, 1.807) is 6.07 Å². The summed E-state index contributed by atoms with van der Waals surface area (Å²) in [5.74, 6) is -1.33. The monoisotopic (exact) mass is 308 g/mol. The fraction of sp³-hybridized carbons (Fsp3) is 0.562. The predicted octanol–water partition coefficient (Wildman–Crippen LogP) is 2.26. The van der Waals surface area contributed by atoms with Crippen LogP contribution in [0.15, 0.2) is 16.9 Å². The van der Waals surface area contributed by atoms with Gasteiger partial charge in [-0.05, 0) is 24.5 Å². The zero-order chi connectivity index (χ0) is 16.7. The highest BCUT2D eigenvalue weighted by Gasteiger charge is 2.18. The molecular weight excluding hydrogens is 284 g/mol. The normalized spacial score (nSPS) is 12.2. The number of unbranched alkanes of at least 4 members (excludes halogenated alkanes) is 1. The molecule has 1 atom stereocenters. The molecule has 0 saturated carbocycles.